The number of benzene rings is 1. The molecule has 0 radical (unpaired) electrons. The summed E-state index contributed by atoms with van der Waals surface area (Å²) in [5, 5.41) is 3.14. The van der Waals surface area contributed by atoms with E-state index in [2.05, 4.69) is 5.32 Å². The second-order valence-corrected chi connectivity index (χ2v) is 9.23. The van der Waals surface area contributed by atoms with Gasteiger partial charge in [0.1, 0.15) is 0 Å². The lowest BCUT2D eigenvalue weighted by molar-refractivity contribution is 0.0923. The summed E-state index contributed by atoms with van der Waals surface area (Å²) in [5.74, 6) is 1.35. The van der Waals surface area contributed by atoms with E-state index in [1.165, 1.54) is 44.7 Å². The van der Waals surface area contributed by atoms with Crippen molar-refractivity contribution in [2.24, 2.45) is 11.8 Å². The fourth-order valence-electron chi connectivity index (χ4n) is 3.87. The predicted molar refractivity (Wildman–Crippen MR) is 94.2 cm³/mol. The van der Waals surface area contributed by atoms with Crippen LogP contribution in [0.5, 0.6) is 0 Å². The maximum absolute atomic E-state index is 12.4. The minimum absolute atomic E-state index is 0.0720. The van der Waals surface area contributed by atoms with Crippen LogP contribution in [-0.4, -0.2) is 45.8 Å². The van der Waals surface area contributed by atoms with Crippen LogP contribution in [0, 0.1) is 11.8 Å². The number of nitrogens with zero attached hydrogens (tertiary/aromatic N) is 2. The molecule has 0 spiro atoms. The molecule has 0 unspecified atom stereocenters. The van der Waals surface area contributed by atoms with E-state index in [0.717, 1.165) is 16.6 Å². The maximum atomic E-state index is 12.4. The number of hydrogen-bond donors (Lipinski definition) is 1. The van der Waals surface area contributed by atoms with Crippen molar-refractivity contribution in [2.75, 3.05) is 25.4 Å². The fourth-order valence-corrected chi connectivity index (χ4v) is 4.75. The molecule has 132 valence electrons. The number of fused-ring (bicyclic) bond motifs is 2. The number of anilines is 1. The Morgan fingerprint density at radius 1 is 1.08 bits per heavy atom. The molecule has 1 aromatic rings. The van der Waals surface area contributed by atoms with E-state index in [0.29, 0.717) is 23.2 Å². The molecule has 6 nitrogen and oxygen atoms in total. The quantitative estimate of drug-likeness (QED) is 0.880. The Bertz CT molecular complexity index is 715. The van der Waals surface area contributed by atoms with Gasteiger partial charge in [0.2, 0.25) is 0 Å². The van der Waals surface area contributed by atoms with Crippen LogP contribution in [0.2, 0.25) is 0 Å². The number of carbonyl (C=O) groups is 1. The maximum Gasteiger partial charge on any atom is 0.303 e. The Morgan fingerprint density at radius 2 is 1.75 bits per heavy atom. The molecule has 3 atom stereocenters. The third kappa shape index (κ3) is 3.15. The zero-order valence-corrected chi connectivity index (χ0v) is 15.2. The number of hydrogen-bond acceptors (Lipinski definition) is 3. The summed E-state index contributed by atoms with van der Waals surface area (Å²) in [4.78, 5) is 12.4. The van der Waals surface area contributed by atoms with Crippen molar-refractivity contribution in [3.8, 4) is 0 Å². The summed E-state index contributed by atoms with van der Waals surface area (Å²) < 4.78 is 26.6. The Balaban J connectivity index is 1.67. The van der Waals surface area contributed by atoms with E-state index < -0.39 is 10.2 Å². The molecule has 0 saturated heterocycles. The SMILES string of the molecule is CN(C)S(=O)(=O)N(C)c1ccc(C(=O)N[C@@H]2C[C@@H]3CC[C@@H]2C3)cc1. The molecule has 0 aromatic heterocycles. The molecule has 2 aliphatic carbocycles. The molecule has 2 saturated carbocycles. The zero-order chi connectivity index (χ0) is 17.5. The summed E-state index contributed by atoms with van der Waals surface area (Å²) in [6.07, 6.45) is 4.87. The molecular weight excluding hydrogens is 326 g/mol. The van der Waals surface area contributed by atoms with Crippen LogP contribution < -0.4 is 9.62 Å². The van der Waals surface area contributed by atoms with E-state index in [-0.39, 0.29) is 5.91 Å². The molecule has 2 fully saturated rings. The first kappa shape index (κ1) is 17.2. The molecule has 0 aliphatic heterocycles. The number of carbonyl (C=O) groups excluding carboxylic acids is 1. The summed E-state index contributed by atoms with van der Waals surface area (Å²) in [6.45, 7) is 0. The van der Waals surface area contributed by atoms with Crippen molar-refractivity contribution in [1.29, 1.82) is 0 Å². The monoisotopic (exact) mass is 351 g/mol. The lowest BCUT2D eigenvalue weighted by Crippen LogP contribution is -2.38. The van der Waals surface area contributed by atoms with Gasteiger partial charge in [-0.25, -0.2) is 0 Å². The topological polar surface area (TPSA) is 69.7 Å². The molecule has 1 aromatic carbocycles. The summed E-state index contributed by atoms with van der Waals surface area (Å²) in [5.41, 5.74) is 1.09. The first-order valence-electron chi connectivity index (χ1n) is 8.36. The fraction of sp³-hybridized carbons (Fsp3) is 0.588. The summed E-state index contributed by atoms with van der Waals surface area (Å²) in [7, 11) is 0.956. The lowest BCUT2D eigenvalue weighted by Gasteiger charge is -2.24. The van der Waals surface area contributed by atoms with Gasteiger partial charge in [-0.3, -0.25) is 9.10 Å². The summed E-state index contributed by atoms with van der Waals surface area (Å²) >= 11 is 0. The number of rotatable bonds is 5. The van der Waals surface area contributed by atoms with E-state index >= 15 is 0 Å². The van der Waals surface area contributed by atoms with Gasteiger partial charge in [-0.1, -0.05) is 6.42 Å². The van der Waals surface area contributed by atoms with Crippen LogP contribution >= 0.6 is 0 Å². The third-order valence-corrected chi connectivity index (χ3v) is 7.18. The molecule has 0 heterocycles. The van der Waals surface area contributed by atoms with Gasteiger partial charge in [-0.15, -0.1) is 0 Å². The largest absolute Gasteiger partial charge is 0.349 e. The predicted octanol–water partition coefficient (Wildman–Crippen LogP) is 1.85. The van der Waals surface area contributed by atoms with Gasteiger partial charge in [0, 0.05) is 32.7 Å². The highest BCUT2D eigenvalue weighted by molar-refractivity contribution is 7.90. The van der Waals surface area contributed by atoms with E-state index in [1.54, 1.807) is 24.3 Å². The van der Waals surface area contributed by atoms with E-state index in [4.69, 9.17) is 0 Å². The van der Waals surface area contributed by atoms with Crippen molar-refractivity contribution in [2.45, 2.75) is 31.7 Å². The Labute approximate surface area is 144 Å². The van der Waals surface area contributed by atoms with Gasteiger partial charge in [-0.2, -0.15) is 12.7 Å². The van der Waals surface area contributed by atoms with Gasteiger partial charge in [0.05, 0.1) is 5.69 Å². The van der Waals surface area contributed by atoms with Crippen LogP contribution in [0.3, 0.4) is 0 Å². The van der Waals surface area contributed by atoms with E-state index in [9.17, 15) is 13.2 Å². The van der Waals surface area contributed by atoms with E-state index in [1.807, 2.05) is 0 Å². The standard InChI is InChI=1S/C17H25N3O3S/c1-19(2)24(22,23)20(3)15-8-6-13(7-9-15)17(21)18-16-11-12-4-5-14(16)10-12/h6-9,12,14,16H,4-5,10-11H2,1-3H3,(H,18,21)/t12-,14-,16-/m1/s1. The molecule has 1 N–H and O–H groups in total. The van der Waals surface area contributed by atoms with Gasteiger partial charge in [-0.05, 0) is 55.4 Å². The van der Waals surface area contributed by atoms with Crippen molar-refractivity contribution in [3.63, 3.8) is 0 Å². The van der Waals surface area contributed by atoms with Crippen molar-refractivity contribution >= 4 is 21.8 Å². The first-order valence-corrected chi connectivity index (χ1v) is 9.76. The van der Waals surface area contributed by atoms with Crippen LogP contribution in [0.15, 0.2) is 24.3 Å². The first-order chi connectivity index (χ1) is 11.3. The van der Waals surface area contributed by atoms with Gasteiger partial charge in [0.25, 0.3) is 5.91 Å². The van der Waals surface area contributed by atoms with Gasteiger partial charge in [0.15, 0.2) is 0 Å². The van der Waals surface area contributed by atoms with Crippen LogP contribution in [0.4, 0.5) is 5.69 Å². The van der Waals surface area contributed by atoms with Gasteiger partial charge >= 0.3 is 10.2 Å². The second-order valence-electron chi connectivity index (χ2n) is 7.06. The van der Waals surface area contributed by atoms with Crippen LogP contribution in [0.1, 0.15) is 36.0 Å². The number of nitrogens with one attached hydrogen (secondary N) is 1. The average Bonchev–Trinajstić information content (AvgIpc) is 3.16. The minimum atomic E-state index is -3.52. The van der Waals surface area contributed by atoms with Crippen LogP contribution in [-0.2, 0) is 10.2 Å². The van der Waals surface area contributed by atoms with Crippen molar-refractivity contribution < 1.29 is 13.2 Å². The zero-order valence-electron chi connectivity index (χ0n) is 14.4. The molecule has 7 heteroatoms. The van der Waals surface area contributed by atoms with Crippen molar-refractivity contribution in [1.82, 2.24) is 9.62 Å². The lowest BCUT2D eigenvalue weighted by atomic mass is 9.95. The molecule has 2 bridgehead atoms. The summed E-state index contributed by atoms with van der Waals surface area (Å²) in [6, 6.07) is 6.99. The molecule has 2 aliphatic rings. The molecule has 1 amide bonds. The van der Waals surface area contributed by atoms with Crippen molar-refractivity contribution in [3.05, 3.63) is 29.8 Å². The Hall–Kier alpha value is -1.60. The molecule has 24 heavy (non-hydrogen) atoms. The average molecular weight is 351 g/mol. The highest BCUT2D eigenvalue weighted by Gasteiger charge is 2.40. The normalized spacial score (nSPS) is 25.9. The highest BCUT2D eigenvalue weighted by Crippen LogP contribution is 2.44. The van der Waals surface area contributed by atoms with Crippen LogP contribution in [0.25, 0.3) is 0 Å². The Morgan fingerprint density at radius 3 is 2.25 bits per heavy atom. The molecular formula is C17H25N3O3S. The second kappa shape index (κ2) is 6.37. The highest BCUT2D eigenvalue weighted by atomic mass is 32.2. The van der Waals surface area contributed by atoms with Gasteiger partial charge < -0.3 is 5.32 Å². The number of amides is 1. The third-order valence-electron chi connectivity index (χ3n) is 5.36. The minimum Gasteiger partial charge on any atom is -0.349 e. The smallest absolute Gasteiger partial charge is 0.303 e. The molecule has 3 rings (SSSR count). The Kier molecular flexibility index (Phi) is 4.57.